The number of thioether (sulfide) groups is 1. The summed E-state index contributed by atoms with van der Waals surface area (Å²) in [5.41, 5.74) is 2.77. The second kappa shape index (κ2) is 8.52. The first-order valence-corrected chi connectivity index (χ1v) is 11.8. The molecule has 1 aliphatic heterocycles. The normalized spacial score (nSPS) is 20.5. The van der Waals surface area contributed by atoms with E-state index in [0.717, 1.165) is 42.1 Å². The minimum absolute atomic E-state index is 0.0311. The number of aromatic nitrogens is 2. The maximum absolute atomic E-state index is 13.5. The molecule has 0 spiro atoms. The van der Waals surface area contributed by atoms with Crippen molar-refractivity contribution in [3.63, 3.8) is 0 Å². The van der Waals surface area contributed by atoms with Gasteiger partial charge in [-0.1, -0.05) is 49.1 Å². The van der Waals surface area contributed by atoms with E-state index in [0.29, 0.717) is 20.9 Å². The van der Waals surface area contributed by atoms with Gasteiger partial charge in [0.2, 0.25) is 0 Å². The lowest BCUT2D eigenvalue weighted by Crippen LogP contribution is -2.40. The molecule has 1 aliphatic carbocycles. The minimum Gasteiger partial charge on any atom is -0.350 e. The highest BCUT2D eigenvalue weighted by Gasteiger charge is 2.39. The number of amides is 1. The lowest BCUT2D eigenvalue weighted by atomic mass is 9.94. The van der Waals surface area contributed by atoms with Gasteiger partial charge < -0.3 is 4.57 Å². The number of pyridine rings is 1. The number of amidine groups is 1. The van der Waals surface area contributed by atoms with E-state index in [2.05, 4.69) is 27.9 Å². The number of benzene rings is 1. The van der Waals surface area contributed by atoms with Crippen LogP contribution in [0.3, 0.4) is 0 Å². The maximum Gasteiger partial charge on any atom is 0.267 e. The van der Waals surface area contributed by atoms with Gasteiger partial charge >= 0.3 is 0 Å². The highest BCUT2D eigenvalue weighted by Crippen LogP contribution is 2.39. The Morgan fingerprint density at radius 3 is 2.77 bits per heavy atom. The standard InChI is InChI=1S/C24H23ClN4OS/c1-28-15-16(18-10-5-6-12-20(18)28)14-21-23(30)29(17-8-3-2-4-9-17)24(31-21)27-19-11-7-13-26-22(19)25/h5-7,10-15,17H,2-4,8-9H2,1H3/b21-14-,27-24?. The highest BCUT2D eigenvalue weighted by molar-refractivity contribution is 8.18. The van der Waals surface area contributed by atoms with Crippen LogP contribution < -0.4 is 0 Å². The van der Waals surface area contributed by atoms with Crippen molar-refractivity contribution in [1.82, 2.24) is 14.5 Å². The maximum atomic E-state index is 13.5. The number of carbonyl (C=O) groups is 1. The Morgan fingerprint density at radius 1 is 1.16 bits per heavy atom. The van der Waals surface area contributed by atoms with Gasteiger partial charge in [0.15, 0.2) is 10.3 Å². The number of carbonyl (C=O) groups excluding carboxylic acids is 1. The third kappa shape index (κ3) is 3.90. The van der Waals surface area contributed by atoms with Crippen LogP contribution in [0.2, 0.25) is 5.15 Å². The largest absolute Gasteiger partial charge is 0.350 e. The van der Waals surface area contributed by atoms with E-state index in [1.54, 1.807) is 6.20 Å². The summed E-state index contributed by atoms with van der Waals surface area (Å²) in [6, 6.07) is 12.1. The lowest BCUT2D eigenvalue weighted by molar-refractivity contribution is -0.124. The van der Waals surface area contributed by atoms with Crippen molar-refractivity contribution in [2.45, 2.75) is 38.1 Å². The molecular formula is C24H23ClN4OS. The Hall–Kier alpha value is -2.57. The molecule has 2 aliphatic rings. The van der Waals surface area contributed by atoms with Crippen molar-refractivity contribution in [2.75, 3.05) is 0 Å². The van der Waals surface area contributed by atoms with Gasteiger partial charge in [-0.3, -0.25) is 9.69 Å². The number of fused-ring (bicyclic) bond motifs is 1. The molecule has 158 valence electrons. The van der Waals surface area contributed by atoms with Gasteiger partial charge in [-0.25, -0.2) is 9.98 Å². The molecule has 0 bridgehead atoms. The van der Waals surface area contributed by atoms with Crippen LogP contribution in [0.4, 0.5) is 5.69 Å². The van der Waals surface area contributed by atoms with Crippen molar-refractivity contribution in [3.8, 4) is 0 Å². The summed E-state index contributed by atoms with van der Waals surface area (Å²) in [6.07, 6.45) is 11.2. The first-order valence-electron chi connectivity index (χ1n) is 10.6. The number of hydrogen-bond donors (Lipinski definition) is 0. The van der Waals surface area contributed by atoms with Gasteiger partial charge in [0, 0.05) is 41.9 Å². The zero-order chi connectivity index (χ0) is 21.4. The molecule has 5 rings (SSSR count). The Labute approximate surface area is 190 Å². The van der Waals surface area contributed by atoms with E-state index < -0.39 is 0 Å². The summed E-state index contributed by atoms with van der Waals surface area (Å²) in [4.78, 5) is 25.0. The van der Waals surface area contributed by atoms with Crippen LogP contribution >= 0.6 is 23.4 Å². The summed E-state index contributed by atoms with van der Waals surface area (Å²) in [5, 5.41) is 2.17. The predicted molar refractivity (Wildman–Crippen MR) is 129 cm³/mol. The lowest BCUT2D eigenvalue weighted by Gasteiger charge is -2.30. The number of para-hydroxylation sites is 1. The third-order valence-electron chi connectivity index (χ3n) is 5.95. The number of rotatable bonds is 3. The molecule has 1 saturated carbocycles. The van der Waals surface area contributed by atoms with Crippen molar-refractivity contribution < 1.29 is 4.79 Å². The molecule has 0 radical (unpaired) electrons. The van der Waals surface area contributed by atoms with Gasteiger partial charge in [0.25, 0.3) is 5.91 Å². The van der Waals surface area contributed by atoms with Crippen LogP contribution in [0.5, 0.6) is 0 Å². The fourth-order valence-corrected chi connectivity index (χ4v) is 5.62. The second-order valence-corrected chi connectivity index (χ2v) is 9.36. The molecule has 2 fully saturated rings. The molecule has 7 heteroatoms. The molecule has 1 amide bonds. The summed E-state index contributed by atoms with van der Waals surface area (Å²) in [6.45, 7) is 0. The zero-order valence-corrected chi connectivity index (χ0v) is 18.9. The number of hydrogen-bond acceptors (Lipinski definition) is 4. The monoisotopic (exact) mass is 450 g/mol. The molecule has 31 heavy (non-hydrogen) atoms. The Morgan fingerprint density at radius 2 is 1.97 bits per heavy atom. The molecule has 0 atom stereocenters. The molecule has 1 saturated heterocycles. The average molecular weight is 451 g/mol. The predicted octanol–water partition coefficient (Wildman–Crippen LogP) is 6.16. The summed E-state index contributed by atoms with van der Waals surface area (Å²) >= 11 is 7.69. The Balaban J connectivity index is 1.57. The van der Waals surface area contributed by atoms with Gasteiger partial charge in [0.05, 0.1) is 4.91 Å². The smallest absolute Gasteiger partial charge is 0.267 e. The quantitative estimate of drug-likeness (QED) is 0.354. The van der Waals surface area contributed by atoms with Crippen LogP contribution in [0.25, 0.3) is 17.0 Å². The van der Waals surface area contributed by atoms with Gasteiger partial charge in [-0.05, 0) is 48.9 Å². The van der Waals surface area contributed by atoms with E-state index in [4.69, 9.17) is 16.6 Å². The molecule has 3 aromatic rings. The van der Waals surface area contributed by atoms with Gasteiger partial charge in [-0.15, -0.1) is 0 Å². The average Bonchev–Trinajstić information content (AvgIpc) is 3.27. The van der Waals surface area contributed by atoms with Crippen molar-refractivity contribution in [1.29, 1.82) is 0 Å². The van der Waals surface area contributed by atoms with E-state index in [1.165, 1.54) is 18.2 Å². The third-order valence-corrected chi connectivity index (χ3v) is 7.22. The molecule has 5 nitrogen and oxygen atoms in total. The number of aryl methyl sites for hydroxylation is 1. The van der Waals surface area contributed by atoms with Gasteiger partial charge in [0.1, 0.15) is 5.69 Å². The zero-order valence-electron chi connectivity index (χ0n) is 17.3. The molecule has 3 heterocycles. The fourth-order valence-electron chi connectivity index (χ4n) is 4.42. The van der Waals surface area contributed by atoms with Gasteiger partial charge in [-0.2, -0.15) is 0 Å². The van der Waals surface area contributed by atoms with Crippen molar-refractivity contribution in [3.05, 3.63) is 64.4 Å². The summed E-state index contributed by atoms with van der Waals surface area (Å²) in [7, 11) is 2.03. The highest BCUT2D eigenvalue weighted by atomic mass is 35.5. The van der Waals surface area contributed by atoms with Crippen LogP contribution in [-0.2, 0) is 11.8 Å². The number of aliphatic imine (C=N–C) groups is 1. The number of nitrogens with zero attached hydrogens (tertiary/aromatic N) is 4. The van der Waals surface area contributed by atoms with Crippen LogP contribution in [0, 0.1) is 0 Å². The molecule has 0 N–H and O–H groups in total. The SMILES string of the molecule is Cn1cc(/C=C2\SC(=Nc3cccnc3Cl)N(C3CCCCC3)C2=O)c2ccccc21. The van der Waals surface area contributed by atoms with Crippen LogP contribution in [0.15, 0.2) is 58.7 Å². The Bertz CT molecular complexity index is 1210. The van der Waals surface area contributed by atoms with Crippen molar-refractivity contribution in [2.24, 2.45) is 12.0 Å². The summed E-state index contributed by atoms with van der Waals surface area (Å²) < 4.78 is 2.09. The first-order chi connectivity index (χ1) is 15.1. The molecule has 2 aromatic heterocycles. The molecule has 1 aromatic carbocycles. The number of halogens is 1. The summed E-state index contributed by atoms with van der Waals surface area (Å²) in [5.74, 6) is 0.0311. The van der Waals surface area contributed by atoms with E-state index in [-0.39, 0.29) is 11.9 Å². The van der Waals surface area contributed by atoms with E-state index in [9.17, 15) is 4.79 Å². The minimum atomic E-state index is 0.0311. The van der Waals surface area contributed by atoms with Crippen LogP contribution in [-0.4, -0.2) is 31.6 Å². The second-order valence-electron chi connectivity index (χ2n) is 8.00. The van der Waals surface area contributed by atoms with Crippen LogP contribution in [0.1, 0.15) is 37.7 Å². The Kier molecular flexibility index (Phi) is 5.59. The fraction of sp³-hybridized carbons (Fsp3) is 0.292. The first kappa shape index (κ1) is 20.3. The van der Waals surface area contributed by atoms with Crippen molar-refractivity contribution >= 4 is 57.1 Å². The van der Waals surface area contributed by atoms with E-state index >= 15 is 0 Å². The molecular weight excluding hydrogens is 428 g/mol. The topological polar surface area (TPSA) is 50.5 Å². The van der Waals surface area contributed by atoms with E-state index in [1.807, 2.05) is 42.3 Å². The molecule has 0 unspecified atom stereocenters.